The SMILES string of the molecule is CNCC1CCCN(c2n[nH]c(-c3cnn(C)c3C)n2)C1. The topological polar surface area (TPSA) is 74.7 Å². The van der Waals surface area contributed by atoms with Crippen LogP contribution in [-0.4, -0.2) is 51.6 Å². The molecule has 0 amide bonds. The fraction of sp³-hybridized carbons (Fsp3) is 0.643. The highest BCUT2D eigenvalue weighted by Gasteiger charge is 2.23. The third kappa shape index (κ3) is 2.78. The van der Waals surface area contributed by atoms with Gasteiger partial charge in [0.2, 0.25) is 5.95 Å². The molecule has 2 aromatic heterocycles. The second-order valence-corrected chi connectivity index (χ2v) is 5.76. The highest BCUT2D eigenvalue weighted by molar-refractivity contribution is 5.58. The van der Waals surface area contributed by atoms with Gasteiger partial charge in [0.1, 0.15) is 0 Å². The Kier molecular flexibility index (Phi) is 3.92. The number of aromatic nitrogens is 5. The second kappa shape index (κ2) is 5.85. The van der Waals surface area contributed by atoms with E-state index in [2.05, 4.69) is 30.5 Å². The Balaban J connectivity index is 1.77. The highest BCUT2D eigenvalue weighted by atomic mass is 15.4. The Hall–Kier alpha value is -1.89. The summed E-state index contributed by atoms with van der Waals surface area (Å²) in [4.78, 5) is 6.93. The number of aromatic amines is 1. The molecule has 0 saturated carbocycles. The first-order valence-corrected chi connectivity index (χ1v) is 7.50. The molecule has 1 aliphatic heterocycles. The third-order valence-corrected chi connectivity index (χ3v) is 4.26. The molecule has 1 aliphatic rings. The van der Waals surface area contributed by atoms with Crippen molar-refractivity contribution in [2.75, 3.05) is 31.6 Å². The van der Waals surface area contributed by atoms with E-state index in [9.17, 15) is 0 Å². The number of hydrogen-bond acceptors (Lipinski definition) is 5. The minimum absolute atomic E-state index is 0.672. The molecule has 7 nitrogen and oxygen atoms in total. The average molecular weight is 289 g/mol. The van der Waals surface area contributed by atoms with Crippen molar-refractivity contribution >= 4 is 5.95 Å². The van der Waals surface area contributed by atoms with Crippen molar-refractivity contribution in [3.8, 4) is 11.4 Å². The van der Waals surface area contributed by atoms with Crippen LogP contribution in [-0.2, 0) is 7.05 Å². The van der Waals surface area contributed by atoms with E-state index < -0.39 is 0 Å². The van der Waals surface area contributed by atoms with Crippen molar-refractivity contribution in [3.05, 3.63) is 11.9 Å². The Labute approximate surface area is 124 Å². The van der Waals surface area contributed by atoms with E-state index in [4.69, 9.17) is 0 Å². The highest BCUT2D eigenvalue weighted by Crippen LogP contribution is 2.23. The number of piperidine rings is 1. The number of aryl methyl sites for hydroxylation is 1. The molecule has 1 saturated heterocycles. The molecule has 21 heavy (non-hydrogen) atoms. The van der Waals surface area contributed by atoms with Gasteiger partial charge in [-0.1, -0.05) is 0 Å². The summed E-state index contributed by atoms with van der Waals surface area (Å²) >= 11 is 0. The molecule has 0 bridgehead atoms. The van der Waals surface area contributed by atoms with E-state index in [1.54, 1.807) is 0 Å². The van der Waals surface area contributed by atoms with Crippen LogP contribution in [0, 0.1) is 12.8 Å². The van der Waals surface area contributed by atoms with Crippen LogP contribution in [0.15, 0.2) is 6.20 Å². The molecule has 1 atom stereocenters. The lowest BCUT2D eigenvalue weighted by atomic mass is 9.98. The van der Waals surface area contributed by atoms with Crippen LogP contribution < -0.4 is 10.2 Å². The molecule has 0 radical (unpaired) electrons. The first-order chi connectivity index (χ1) is 10.2. The van der Waals surface area contributed by atoms with E-state index >= 15 is 0 Å². The van der Waals surface area contributed by atoms with Crippen LogP contribution in [0.3, 0.4) is 0 Å². The van der Waals surface area contributed by atoms with E-state index in [1.807, 2.05) is 31.9 Å². The average Bonchev–Trinajstić information content (AvgIpc) is 3.08. The summed E-state index contributed by atoms with van der Waals surface area (Å²) in [7, 11) is 3.94. The molecule has 2 N–H and O–H groups in total. The summed E-state index contributed by atoms with van der Waals surface area (Å²) in [6.45, 7) is 5.14. The molecule has 0 spiro atoms. The Morgan fingerprint density at radius 2 is 2.33 bits per heavy atom. The lowest BCUT2D eigenvalue weighted by Crippen LogP contribution is -2.39. The lowest BCUT2D eigenvalue weighted by molar-refractivity contribution is 0.399. The van der Waals surface area contributed by atoms with E-state index in [-0.39, 0.29) is 0 Å². The quantitative estimate of drug-likeness (QED) is 0.876. The predicted octanol–water partition coefficient (Wildman–Crippen LogP) is 0.949. The van der Waals surface area contributed by atoms with Gasteiger partial charge in [0.15, 0.2) is 5.82 Å². The number of anilines is 1. The molecule has 3 heterocycles. The van der Waals surface area contributed by atoms with Gasteiger partial charge in [-0.05, 0) is 39.3 Å². The molecule has 0 aliphatic carbocycles. The zero-order valence-electron chi connectivity index (χ0n) is 12.9. The number of rotatable bonds is 4. The summed E-state index contributed by atoms with van der Waals surface area (Å²) < 4.78 is 1.85. The van der Waals surface area contributed by atoms with Crippen LogP contribution in [0.1, 0.15) is 18.5 Å². The maximum absolute atomic E-state index is 4.66. The molecule has 114 valence electrons. The maximum atomic E-state index is 4.66. The van der Waals surface area contributed by atoms with Crippen molar-refractivity contribution in [2.45, 2.75) is 19.8 Å². The molecule has 7 heteroatoms. The summed E-state index contributed by atoms with van der Waals surface area (Å²) in [5.41, 5.74) is 2.10. The Morgan fingerprint density at radius 1 is 1.48 bits per heavy atom. The summed E-state index contributed by atoms with van der Waals surface area (Å²) in [5, 5.41) is 15.0. The van der Waals surface area contributed by atoms with Crippen LogP contribution in [0.25, 0.3) is 11.4 Å². The lowest BCUT2D eigenvalue weighted by Gasteiger charge is -2.31. The number of hydrogen-bond donors (Lipinski definition) is 2. The van der Waals surface area contributed by atoms with Gasteiger partial charge in [-0.25, -0.2) is 0 Å². The predicted molar refractivity (Wildman–Crippen MR) is 82.2 cm³/mol. The minimum Gasteiger partial charge on any atom is -0.339 e. The maximum Gasteiger partial charge on any atom is 0.245 e. The van der Waals surface area contributed by atoms with Gasteiger partial charge in [-0.15, -0.1) is 5.10 Å². The van der Waals surface area contributed by atoms with Crippen molar-refractivity contribution in [1.29, 1.82) is 0 Å². The van der Waals surface area contributed by atoms with Crippen LogP contribution in [0.5, 0.6) is 0 Å². The number of H-pyrrole nitrogens is 1. The monoisotopic (exact) mass is 289 g/mol. The number of nitrogens with zero attached hydrogens (tertiary/aromatic N) is 5. The van der Waals surface area contributed by atoms with Crippen molar-refractivity contribution in [2.24, 2.45) is 13.0 Å². The molecule has 2 aromatic rings. The van der Waals surface area contributed by atoms with Gasteiger partial charge in [-0.3, -0.25) is 9.78 Å². The van der Waals surface area contributed by atoms with Crippen LogP contribution in [0.2, 0.25) is 0 Å². The van der Waals surface area contributed by atoms with Gasteiger partial charge >= 0.3 is 0 Å². The Bertz CT molecular complexity index is 598. The minimum atomic E-state index is 0.672. The molecular formula is C14H23N7. The molecule has 1 unspecified atom stereocenters. The van der Waals surface area contributed by atoms with E-state index in [1.165, 1.54) is 12.8 Å². The largest absolute Gasteiger partial charge is 0.339 e. The van der Waals surface area contributed by atoms with Crippen LogP contribution >= 0.6 is 0 Å². The number of nitrogens with one attached hydrogen (secondary N) is 2. The van der Waals surface area contributed by atoms with Crippen LogP contribution in [0.4, 0.5) is 5.95 Å². The zero-order valence-corrected chi connectivity index (χ0v) is 12.9. The van der Waals surface area contributed by atoms with Gasteiger partial charge in [0.25, 0.3) is 0 Å². The summed E-state index contributed by atoms with van der Waals surface area (Å²) in [5.74, 6) is 2.27. The van der Waals surface area contributed by atoms with Gasteiger partial charge in [0, 0.05) is 25.8 Å². The van der Waals surface area contributed by atoms with Gasteiger partial charge in [-0.2, -0.15) is 10.1 Å². The van der Waals surface area contributed by atoms with Gasteiger partial charge in [0.05, 0.1) is 11.8 Å². The fourth-order valence-corrected chi connectivity index (χ4v) is 2.95. The van der Waals surface area contributed by atoms with E-state index in [0.29, 0.717) is 5.92 Å². The molecule has 1 fully saturated rings. The van der Waals surface area contributed by atoms with Gasteiger partial charge < -0.3 is 10.2 Å². The third-order valence-electron chi connectivity index (χ3n) is 4.26. The summed E-state index contributed by atoms with van der Waals surface area (Å²) in [6.07, 6.45) is 4.30. The first-order valence-electron chi connectivity index (χ1n) is 7.50. The molecule has 0 aromatic carbocycles. The fourth-order valence-electron chi connectivity index (χ4n) is 2.95. The van der Waals surface area contributed by atoms with Crippen molar-refractivity contribution in [3.63, 3.8) is 0 Å². The van der Waals surface area contributed by atoms with Crippen molar-refractivity contribution in [1.82, 2.24) is 30.3 Å². The smallest absolute Gasteiger partial charge is 0.245 e. The van der Waals surface area contributed by atoms with Crippen molar-refractivity contribution < 1.29 is 0 Å². The molecule has 3 rings (SSSR count). The Morgan fingerprint density at radius 3 is 3.05 bits per heavy atom. The first kappa shape index (κ1) is 14.1. The zero-order chi connectivity index (χ0) is 14.8. The second-order valence-electron chi connectivity index (χ2n) is 5.76. The van der Waals surface area contributed by atoms with E-state index in [0.717, 1.165) is 42.7 Å². The normalized spacial score (nSPS) is 19.2. The standard InChI is InChI=1S/C14H23N7/c1-10-12(8-16-20(10)3)13-17-14(19-18-13)21-6-4-5-11(9-21)7-15-2/h8,11,15H,4-7,9H2,1-3H3,(H,17,18,19). The molecular weight excluding hydrogens is 266 g/mol. The summed E-state index contributed by atoms with van der Waals surface area (Å²) in [6, 6.07) is 0.